The summed E-state index contributed by atoms with van der Waals surface area (Å²) in [7, 11) is 0. The molecule has 0 aliphatic carbocycles. The van der Waals surface area contributed by atoms with Crippen molar-refractivity contribution in [2.24, 2.45) is 0 Å². The molecule has 0 bridgehead atoms. The fourth-order valence-corrected chi connectivity index (χ4v) is 14.8. The smallest absolute Gasteiger partial charge is 0.195 e. The molecule has 0 N–H and O–H groups in total. The van der Waals surface area contributed by atoms with Gasteiger partial charge >= 0.3 is 0 Å². The SMILES string of the molecule is CCC1(CC)c2ccccc2N(c2ccc3c(=O)c4ccc(CCC5(CC)c6ccccc6N(c6ccc(-c7ccc8c(=O)c9ccccc9sc8c7)cc6)c6ccccc65)cc4sc3c2)c2ccccc21. The summed E-state index contributed by atoms with van der Waals surface area (Å²) in [6.07, 6.45) is 4.74. The Bertz CT molecular complexity index is 3990. The van der Waals surface area contributed by atoms with Crippen LogP contribution in [0.2, 0.25) is 0 Å². The van der Waals surface area contributed by atoms with Gasteiger partial charge in [0.15, 0.2) is 10.9 Å². The highest BCUT2D eigenvalue weighted by molar-refractivity contribution is 7.25. The van der Waals surface area contributed by atoms with Crippen LogP contribution in [0.15, 0.2) is 210 Å². The van der Waals surface area contributed by atoms with Gasteiger partial charge in [-0.1, -0.05) is 130 Å². The minimum atomic E-state index is -0.241. The van der Waals surface area contributed by atoms with Gasteiger partial charge in [0.05, 0.1) is 22.7 Å². The van der Waals surface area contributed by atoms with E-state index in [9.17, 15) is 9.59 Å². The third-order valence-corrected chi connectivity index (χ3v) is 18.6. The molecule has 0 unspecified atom stereocenters. The molecule has 0 fully saturated rings. The highest BCUT2D eigenvalue weighted by atomic mass is 32.1. The lowest BCUT2D eigenvalue weighted by Crippen LogP contribution is -2.35. The zero-order chi connectivity index (χ0) is 48.7. The molecule has 2 aliphatic rings. The predicted molar refractivity (Wildman–Crippen MR) is 307 cm³/mol. The second-order valence-electron chi connectivity index (χ2n) is 19.6. The van der Waals surface area contributed by atoms with Gasteiger partial charge in [0, 0.05) is 62.5 Å². The zero-order valence-electron chi connectivity index (χ0n) is 40.6. The molecule has 4 nitrogen and oxygen atoms in total. The van der Waals surface area contributed by atoms with Crippen LogP contribution < -0.4 is 20.7 Å². The quantitative estimate of drug-likeness (QED) is 0.135. The van der Waals surface area contributed by atoms with Crippen LogP contribution in [0.5, 0.6) is 0 Å². The molecule has 6 heteroatoms. The molecule has 0 radical (unpaired) electrons. The van der Waals surface area contributed by atoms with E-state index in [2.05, 4.69) is 194 Å². The Kier molecular flexibility index (Phi) is 10.6. The van der Waals surface area contributed by atoms with E-state index in [1.54, 1.807) is 22.7 Å². The number of fused-ring (bicyclic) bond motifs is 8. The van der Waals surface area contributed by atoms with E-state index in [1.165, 1.54) is 50.6 Å². The van der Waals surface area contributed by atoms with Gasteiger partial charge in [-0.15, -0.1) is 22.7 Å². The van der Waals surface area contributed by atoms with E-state index in [1.807, 2.05) is 36.4 Å². The third kappa shape index (κ3) is 6.69. The number of nitrogens with zero attached hydrogens (tertiary/aromatic N) is 2. The van der Waals surface area contributed by atoms with Crippen molar-refractivity contribution in [2.75, 3.05) is 9.80 Å². The lowest BCUT2D eigenvalue weighted by atomic mass is 9.66. The molecule has 72 heavy (non-hydrogen) atoms. The van der Waals surface area contributed by atoms with Crippen LogP contribution in [0, 0.1) is 0 Å². The van der Waals surface area contributed by atoms with Gasteiger partial charge in [0.1, 0.15) is 0 Å². The second kappa shape index (κ2) is 17.3. The first-order valence-electron chi connectivity index (χ1n) is 25.4. The average molecular weight is 969 g/mol. The minimum absolute atomic E-state index is 0.0644. The molecule has 350 valence electrons. The number of hydrogen-bond acceptors (Lipinski definition) is 6. The van der Waals surface area contributed by atoms with Crippen molar-refractivity contribution in [3.63, 3.8) is 0 Å². The van der Waals surface area contributed by atoms with E-state index >= 15 is 0 Å². The molecule has 9 aromatic carbocycles. The van der Waals surface area contributed by atoms with E-state index < -0.39 is 0 Å². The molecule has 13 rings (SSSR count). The number of benzene rings is 9. The van der Waals surface area contributed by atoms with Gasteiger partial charge in [-0.2, -0.15) is 0 Å². The molecular formula is C66H52N2O2S2. The molecule has 0 spiro atoms. The summed E-state index contributed by atoms with van der Waals surface area (Å²) in [5, 5.41) is 3.09. The van der Waals surface area contributed by atoms with Gasteiger partial charge < -0.3 is 9.80 Å². The summed E-state index contributed by atoms with van der Waals surface area (Å²) in [5.74, 6) is 0. The summed E-state index contributed by atoms with van der Waals surface area (Å²) in [6.45, 7) is 6.96. The van der Waals surface area contributed by atoms with E-state index in [0.29, 0.717) is 0 Å². The standard InChI is InChI=1S/C66H52N2O2S2/c1-4-65(5-2)51-18-8-12-22-55(51)68(56-23-13-9-19-52(56)65)46-33-36-50-62(41-46)72-60-39-42(27-34-48(60)64(50)70)37-38-66(6-3)53-20-10-14-24-57(53)67(58-25-15-11-21-54(58)66)45-31-28-43(29-32-45)44-30-35-49-61(40-44)71-59-26-16-7-17-47(59)63(49)69/h7-36,39-41H,4-6,37-38H2,1-3H3. The van der Waals surface area contributed by atoms with Crippen LogP contribution in [-0.2, 0) is 17.3 Å². The van der Waals surface area contributed by atoms with Gasteiger partial charge in [0.2, 0.25) is 0 Å². The van der Waals surface area contributed by atoms with Crippen LogP contribution >= 0.6 is 22.7 Å². The Balaban J connectivity index is 0.834. The maximum atomic E-state index is 14.3. The lowest BCUT2D eigenvalue weighted by Gasteiger charge is -2.45. The van der Waals surface area contributed by atoms with Crippen molar-refractivity contribution in [3.8, 4) is 11.1 Å². The summed E-state index contributed by atoms with van der Waals surface area (Å²) >= 11 is 3.40. The van der Waals surface area contributed by atoms with E-state index in [4.69, 9.17) is 0 Å². The second-order valence-corrected chi connectivity index (χ2v) is 21.8. The number of rotatable bonds is 9. The van der Waals surface area contributed by atoms with Crippen LogP contribution in [0.1, 0.15) is 74.3 Å². The largest absolute Gasteiger partial charge is 0.310 e. The topological polar surface area (TPSA) is 40.6 Å². The summed E-state index contributed by atoms with van der Waals surface area (Å²) in [4.78, 5) is 32.5. The number of hydrogen-bond donors (Lipinski definition) is 0. The van der Waals surface area contributed by atoms with Crippen LogP contribution in [0.4, 0.5) is 34.1 Å². The fraction of sp³-hybridized carbons (Fsp3) is 0.152. The minimum Gasteiger partial charge on any atom is -0.310 e. The first-order chi connectivity index (χ1) is 35.3. The number of aryl methyl sites for hydroxylation is 1. The van der Waals surface area contributed by atoms with Crippen molar-refractivity contribution < 1.29 is 0 Å². The maximum Gasteiger partial charge on any atom is 0.195 e. The average Bonchev–Trinajstić information content (AvgIpc) is 3.43. The Morgan fingerprint density at radius 2 is 0.792 bits per heavy atom. The molecule has 2 aliphatic heterocycles. The molecule has 4 heterocycles. The van der Waals surface area contributed by atoms with Crippen LogP contribution in [0.25, 0.3) is 51.5 Å². The first kappa shape index (κ1) is 44.3. The summed E-state index contributed by atoms with van der Waals surface area (Å²) in [5.41, 5.74) is 15.6. The summed E-state index contributed by atoms with van der Waals surface area (Å²) in [6, 6.07) is 71.6. The van der Waals surface area contributed by atoms with Gasteiger partial charge in [0.25, 0.3) is 0 Å². The van der Waals surface area contributed by atoms with Crippen molar-refractivity contribution in [3.05, 3.63) is 248 Å². The van der Waals surface area contributed by atoms with E-state index in [0.717, 1.165) is 95.0 Å². The molecule has 0 saturated carbocycles. The fourth-order valence-electron chi connectivity index (χ4n) is 12.6. The van der Waals surface area contributed by atoms with Crippen molar-refractivity contribution in [1.29, 1.82) is 0 Å². The van der Waals surface area contributed by atoms with Gasteiger partial charge in [-0.05, 0) is 162 Å². The van der Waals surface area contributed by atoms with Crippen molar-refractivity contribution in [1.82, 2.24) is 0 Å². The first-order valence-corrected chi connectivity index (χ1v) is 27.0. The van der Waals surface area contributed by atoms with Crippen molar-refractivity contribution >= 4 is 97.1 Å². The van der Waals surface area contributed by atoms with Crippen LogP contribution in [-0.4, -0.2) is 0 Å². The predicted octanol–water partition coefficient (Wildman–Crippen LogP) is 17.8. The highest BCUT2D eigenvalue weighted by Crippen LogP contribution is 2.57. The Morgan fingerprint density at radius 3 is 1.38 bits per heavy atom. The summed E-state index contributed by atoms with van der Waals surface area (Å²) < 4.78 is 4.03. The molecule has 0 saturated heterocycles. The van der Waals surface area contributed by atoms with Crippen LogP contribution in [0.3, 0.4) is 0 Å². The van der Waals surface area contributed by atoms with Gasteiger partial charge in [-0.25, -0.2) is 0 Å². The Morgan fingerprint density at radius 1 is 0.375 bits per heavy atom. The molecule has 2 aromatic heterocycles. The third-order valence-electron chi connectivity index (χ3n) is 16.3. The zero-order valence-corrected chi connectivity index (χ0v) is 42.2. The highest BCUT2D eigenvalue weighted by Gasteiger charge is 2.43. The van der Waals surface area contributed by atoms with Gasteiger partial charge in [-0.3, -0.25) is 9.59 Å². The molecule has 0 atom stereocenters. The molecule has 0 amide bonds. The Labute approximate surface area is 427 Å². The van der Waals surface area contributed by atoms with Crippen molar-refractivity contribution in [2.45, 2.75) is 63.7 Å². The molecular weight excluding hydrogens is 917 g/mol. The maximum absolute atomic E-state index is 14.3. The monoisotopic (exact) mass is 968 g/mol. The lowest BCUT2D eigenvalue weighted by molar-refractivity contribution is 0.453. The number of para-hydroxylation sites is 4. The normalized spacial score (nSPS) is 14.3. The Hall–Kier alpha value is -7.64. The number of anilines is 6. The van der Waals surface area contributed by atoms with E-state index in [-0.39, 0.29) is 21.7 Å². The molecule has 11 aromatic rings.